The van der Waals surface area contributed by atoms with Gasteiger partial charge in [0.05, 0.1) is 11.0 Å². The summed E-state index contributed by atoms with van der Waals surface area (Å²) in [6, 6.07) is 63.9. The number of benzene rings is 8. The predicted molar refractivity (Wildman–Crippen MR) is 217 cm³/mol. The lowest BCUT2D eigenvalue weighted by Gasteiger charge is -2.32. The Morgan fingerprint density at radius 3 is 1.70 bits per heavy atom. The third kappa shape index (κ3) is 3.63. The smallest absolute Gasteiger partial charge is 0.168 e. The molecular weight excluding hydrogens is 641 g/mol. The molecule has 12 rings (SSSR count). The standard InChI is InChI=1S/C51H34N2/c1-52-31-34-14-12-13-29-53(34)50(52)33-27-25-32(26-28-33)43-30-46-47(40-20-5-3-17-37(40)43)48-41-21-6-2-15-35(41)36-16-4-7-22-42(36)49(48)51(46)44-23-10-8-18-38(44)39-19-9-11-24-45(39)51/h2-31,50H,1H3/q+2. The minimum Gasteiger partial charge on any atom is -0.168 e. The number of pyridine rings is 1. The van der Waals surface area contributed by atoms with Crippen molar-refractivity contribution in [2.24, 2.45) is 0 Å². The average Bonchev–Trinajstić information content (AvgIpc) is 3.84. The second kappa shape index (κ2) is 10.5. The van der Waals surface area contributed by atoms with Crippen LogP contribution >= 0.6 is 0 Å². The third-order valence-corrected chi connectivity index (χ3v) is 12.4. The van der Waals surface area contributed by atoms with Crippen molar-refractivity contribution in [1.29, 1.82) is 0 Å². The van der Waals surface area contributed by atoms with Crippen molar-refractivity contribution in [2.45, 2.75) is 11.6 Å². The Morgan fingerprint density at radius 2 is 1.00 bits per heavy atom. The van der Waals surface area contributed by atoms with E-state index in [-0.39, 0.29) is 6.17 Å². The molecule has 0 fully saturated rings. The summed E-state index contributed by atoms with van der Waals surface area (Å²) in [6.45, 7) is 0. The van der Waals surface area contributed by atoms with Crippen molar-refractivity contribution in [3.63, 3.8) is 0 Å². The molecule has 0 N–H and O–H groups in total. The number of rotatable bonds is 2. The molecule has 0 saturated carbocycles. The van der Waals surface area contributed by atoms with Gasteiger partial charge in [0.1, 0.15) is 7.05 Å². The maximum atomic E-state index is 2.56. The maximum Gasteiger partial charge on any atom is 0.375 e. The molecule has 1 aromatic heterocycles. The van der Waals surface area contributed by atoms with Gasteiger partial charge < -0.3 is 0 Å². The van der Waals surface area contributed by atoms with Crippen LogP contribution in [0, 0.1) is 0 Å². The summed E-state index contributed by atoms with van der Waals surface area (Å²) in [5.74, 6) is 0. The van der Waals surface area contributed by atoms with Crippen LogP contribution in [0.1, 0.15) is 39.7 Å². The summed E-state index contributed by atoms with van der Waals surface area (Å²) < 4.78 is 4.66. The first-order valence-corrected chi connectivity index (χ1v) is 18.6. The van der Waals surface area contributed by atoms with E-state index in [9.17, 15) is 0 Å². The van der Waals surface area contributed by atoms with Crippen LogP contribution in [-0.4, -0.2) is 17.8 Å². The predicted octanol–water partition coefficient (Wildman–Crippen LogP) is 11.1. The van der Waals surface area contributed by atoms with E-state index in [4.69, 9.17) is 0 Å². The van der Waals surface area contributed by atoms with E-state index in [1.807, 2.05) is 0 Å². The van der Waals surface area contributed by atoms with Crippen molar-refractivity contribution < 1.29 is 9.14 Å². The van der Waals surface area contributed by atoms with Crippen molar-refractivity contribution in [1.82, 2.24) is 0 Å². The maximum absolute atomic E-state index is 2.56. The van der Waals surface area contributed by atoms with E-state index in [1.165, 1.54) is 99.2 Å². The fourth-order valence-corrected chi connectivity index (χ4v) is 10.4. The Balaban J connectivity index is 1.21. The minimum atomic E-state index is -0.483. The largest absolute Gasteiger partial charge is 0.375 e. The molecule has 0 amide bonds. The summed E-state index contributed by atoms with van der Waals surface area (Å²) in [4.78, 5) is 0. The Hall–Kier alpha value is -6.64. The lowest BCUT2D eigenvalue weighted by atomic mass is 9.68. The zero-order valence-electron chi connectivity index (χ0n) is 29.3. The van der Waals surface area contributed by atoms with Gasteiger partial charge in [0.25, 0.3) is 5.69 Å². The van der Waals surface area contributed by atoms with E-state index in [1.54, 1.807) is 0 Å². The second-order valence-electron chi connectivity index (χ2n) is 14.9. The number of hydrogen-bond acceptors (Lipinski definition) is 0. The first-order valence-electron chi connectivity index (χ1n) is 18.6. The lowest BCUT2D eigenvalue weighted by molar-refractivity contribution is -0.844. The molecule has 2 aliphatic carbocycles. The molecule has 1 aliphatic heterocycles. The molecule has 1 spiro atoms. The van der Waals surface area contributed by atoms with Crippen LogP contribution < -0.4 is 4.57 Å². The number of fused-ring (bicyclic) bond motifs is 18. The van der Waals surface area contributed by atoms with Gasteiger partial charge in [0.15, 0.2) is 6.20 Å². The fraction of sp³-hybridized carbons (Fsp3) is 0.0588. The summed E-state index contributed by atoms with van der Waals surface area (Å²) in [6.07, 6.45) is 4.54. The average molecular weight is 675 g/mol. The first kappa shape index (κ1) is 29.0. The summed E-state index contributed by atoms with van der Waals surface area (Å²) >= 11 is 0. The first-order chi connectivity index (χ1) is 26.2. The molecule has 0 radical (unpaired) electrons. The van der Waals surface area contributed by atoms with Crippen molar-refractivity contribution in [2.75, 3.05) is 7.05 Å². The molecule has 9 aromatic rings. The van der Waals surface area contributed by atoms with Crippen LogP contribution in [0.5, 0.6) is 0 Å². The van der Waals surface area contributed by atoms with Crippen molar-refractivity contribution in [3.05, 3.63) is 210 Å². The third-order valence-electron chi connectivity index (χ3n) is 12.4. The molecule has 2 nitrogen and oxygen atoms in total. The molecule has 1 unspecified atom stereocenters. The Labute approximate surface area is 308 Å². The highest BCUT2D eigenvalue weighted by Crippen LogP contribution is 2.66. The summed E-state index contributed by atoms with van der Waals surface area (Å²) in [5.41, 5.74) is 15.4. The second-order valence-corrected chi connectivity index (χ2v) is 14.9. The number of nitrogens with zero attached hydrogens (tertiary/aromatic N) is 2. The minimum absolute atomic E-state index is 0.128. The van der Waals surface area contributed by atoms with E-state index in [2.05, 4.69) is 198 Å². The molecule has 0 bridgehead atoms. The lowest BCUT2D eigenvalue weighted by Crippen LogP contribution is -2.42. The van der Waals surface area contributed by atoms with E-state index in [0.29, 0.717) is 0 Å². The highest BCUT2D eigenvalue weighted by molar-refractivity contribution is 6.24. The van der Waals surface area contributed by atoms with Crippen molar-refractivity contribution in [3.8, 4) is 33.4 Å². The molecule has 8 aromatic carbocycles. The van der Waals surface area contributed by atoms with Crippen molar-refractivity contribution >= 4 is 38.5 Å². The van der Waals surface area contributed by atoms with E-state index < -0.39 is 5.41 Å². The zero-order chi connectivity index (χ0) is 34.8. The molecule has 53 heavy (non-hydrogen) atoms. The molecule has 1 atom stereocenters. The van der Waals surface area contributed by atoms with Gasteiger partial charge in [-0.25, -0.2) is 0 Å². The topological polar surface area (TPSA) is 6.89 Å². The SMILES string of the molecule is C[N+]1=Cc2cccc[n+]2C1c1ccc(-c2cc3c(c4ccccc24)-c2c(c4ccccc4c4ccccc24)C32c3ccccc3-c3ccccc32)cc1. The molecule has 2 heterocycles. The van der Waals surface area contributed by atoms with E-state index in [0.717, 1.165) is 0 Å². The van der Waals surface area contributed by atoms with Gasteiger partial charge in [-0.3, -0.25) is 0 Å². The highest BCUT2D eigenvalue weighted by Gasteiger charge is 2.53. The summed E-state index contributed by atoms with van der Waals surface area (Å²) in [5, 5.41) is 7.85. The zero-order valence-corrected chi connectivity index (χ0v) is 29.3. The van der Waals surface area contributed by atoms with Crippen LogP contribution in [0.3, 0.4) is 0 Å². The van der Waals surface area contributed by atoms with Crippen LogP contribution in [0.15, 0.2) is 176 Å². The molecule has 0 saturated heterocycles. The van der Waals surface area contributed by atoms with Crippen LogP contribution in [0.4, 0.5) is 0 Å². The quantitative estimate of drug-likeness (QED) is 0.127. The Kier molecular flexibility index (Phi) is 5.72. The summed E-state index contributed by atoms with van der Waals surface area (Å²) in [7, 11) is 2.17. The van der Waals surface area contributed by atoms with Gasteiger partial charge in [-0.15, -0.1) is 4.57 Å². The fourth-order valence-electron chi connectivity index (χ4n) is 10.4. The van der Waals surface area contributed by atoms with Gasteiger partial charge in [-0.2, -0.15) is 4.58 Å². The number of aromatic nitrogens is 1. The molecule has 2 heteroatoms. The Bertz CT molecular complexity index is 3030. The number of hydrogen-bond donors (Lipinski definition) is 0. The molecular formula is C51H34N2+2. The van der Waals surface area contributed by atoms with Crippen LogP contribution in [0.2, 0.25) is 0 Å². The molecule has 3 aliphatic rings. The normalized spacial score (nSPS) is 15.7. The van der Waals surface area contributed by atoms with Gasteiger partial charge in [0.2, 0.25) is 6.21 Å². The van der Waals surface area contributed by atoms with Gasteiger partial charge in [-0.1, -0.05) is 133 Å². The van der Waals surface area contributed by atoms with Crippen LogP contribution in [-0.2, 0) is 5.41 Å². The van der Waals surface area contributed by atoms with Gasteiger partial charge in [0, 0.05) is 12.1 Å². The van der Waals surface area contributed by atoms with Gasteiger partial charge >= 0.3 is 6.17 Å². The monoisotopic (exact) mass is 674 g/mol. The Morgan fingerprint density at radius 1 is 0.453 bits per heavy atom. The van der Waals surface area contributed by atoms with Gasteiger partial charge in [-0.05, 0) is 112 Å². The molecule has 246 valence electrons. The van der Waals surface area contributed by atoms with E-state index >= 15 is 0 Å². The van der Waals surface area contributed by atoms with Crippen LogP contribution in [0.25, 0.3) is 65.7 Å². The highest BCUT2D eigenvalue weighted by atomic mass is 15.2.